The van der Waals surface area contributed by atoms with Gasteiger partial charge in [0.05, 0.1) is 16.1 Å². The van der Waals surface area contributed by atoms with Crippen LogP contribution in [0.1, 0.15) is 39.5 Å². The van der Waals surface area contributed by atoms with Gasteiger partial charge in [-0.3, -0.25) is 9.59 Å². The first-order chi connectivity index (χ1) is 11.2. The lowest BCUT2D eigenvalue weighted by Crippen LogP contribution is -2.28. The fourth-order valence-corrected chi connectivity index (χ4v) is 4.53. The van der Waals surface area contributed by atoms with Crippen molar-refractivity contribution in [2.75, 3.05) is 18.4 Å². The number of furan rings is 1. The minimum atomic E-state index is -0.299. The van der Waals surface area contributed by atoms with Crippen LogP contribution in [-0.4, -0.2) is 29.8 Å². The molecule has 2 amide bonds. The zero-order chi connectivity index (χ0) is 15.8. The summed E-state index contributed by atoms with van der Waals surface area (Å²) in [5.41, 5.74) is 0. The number of thiophene rings is 1. The van der Waals surface area contributed by atoms with Crippen molar-refractivity contribution in [3.63, 3.8) is 0 Å². The van der Waals surface area contributed by atoms with E-state index in [4.69, 9.17) is 4.42 Å². The van der Waals surface area contributed by atoms with Crippen LogP contribution in [0.3, 0.4) is 0 Å². The third-order valence-corrected chi connectivity index (χ3v) is 5.80. The lowest BCUT2D eigenvalue weighted by molar-refractivity contribution is 0.0785. The molecule has 2 aliphatic rings. The van der Waals surface area contributed by atoms with Crippen LogP contribution in [0.15, 0.2) is 34.9 Å². The van der Waals surface area contributed by atoms with Crippen LogP contribution in [0.4, 0.5) is 5.00 Å². The highest BCUT2D eigenvalue weighted by Crippen LogP contribution is 2.38. The maximum Gasteiger partial charge on any atom is 0.291 e. The third kappa shape index (κ3) is 2.79. The molecule has 5 nitrogen and oxygen atoms in total. The lowest BCUT2D eigenvalue weighted by Gasteiger charge is -2.16. The molecular weight excluding hydrogens is 312 g/mol. The summed E-state index contributed by atoms with van der Waals surface area (Å²) in [4.78, 5) is 27.2. The molecule has 2 aromatic rings. The van der Waals surface area contributed by atoms with Gasteiger partial charge in [0.2, 0.25) is 0 Å². The summed E-state index contributed by atoms with van der Waals surface area (Å²) in [6, 6.07) is 6.84. The van der Waals surface area contributed by atoms with Gasteiger partial charge >= 0.3 is 0 Å². The molecule has 0 unspecified atom stereocenters. The molecule has 2 atom stereocenters. The predicted molar refractivity (Wildman–Crippen MR) is 87.7 cm³/mol. The van der Waals surface area contributed by atoms with Gasteiger partial charge in [-0.1, -0.05) is 6.42 Å². The lowest BCUT2D eigenvalue weighted by atomic mass is 10.0. The van der Waals surface area contributed by atoms with Crippen LogP contribution in [0.25, 0.3) is 0 Å². The normalized spacial score (nSPS) is 23.0. The molecule has 0 aromatic carbocycles. The van der Waals surface area contributed by atoms with E-state index < -0.39 is 0 Å². The second kappa shape index (κ2) is 5.85. The Hall–Kier alpha value is -2.08. The average Bonchev–Trinajstić information content (AvgIpc) is 3.29. The maximum absolute atomic E-state index is 12.6. The summed E-state index contributed by atoms with van der Waals surface area (Å²) in [5, 5.41) is 3.43. The van der Waals surface area contributed by atoms with Crippen molar-refractivity contribution in [3.05, 3.63) is 41.2 Å². The van der Waals surface area contributed by atoms with Crippen molar-refractivity contribution >= 4 is 28.2 Å². The summed E-state index contributed by atoms with van der Waals surface area (Å²) in [5.74, 6) is 1.43. The number of anilines is 1. The van der Waals surface area contributed by atoms with Gasteiger partial charge < -0.3 is 14.6 Å². The highest BCUT2D eigenvalue weighted by atomic mass is 32.1. The molecule has 23 heavy (non-hydrogen) atoms. The predicted octanol–water partition coefficient (Wildman–Crippen LogP) is 3.47. The van der Waals surface area contributed by atoms with Crippen LogP contribution in [0, 0.1) is 11.8 Å². The molecule has 0 spiro atoms. The van der Waals surface area contributed by atoms with E-state index in [0.29, 0.717) is 21.7 Å². The van der Waals surface area contributed by atoms with Gasteiger partial charge in [0, 0.05) is 13.1 Å². The van der Waals surface area contributed by atoms with Crippen LogP contribution in [-0.2, 0) is 0 Å². The van der Waals surface area contributed by atoms with E-state index in [1.54, 1.807) is 24.3 Å². The van der Waals surface area contributed by atoms with E-state index >= 15 is 0 Å². The molecule has 1 aliphatic heterocycles. The first kappa shape index (κ1) is 14.5. The Morgan fingerprint density at radius 1 is 1.17 bits per heavy atom. The monoisotopic (exact) mass is 330 g/mol. The van der Waals surface area contributed by atoms with E-state index in [1.807, 2.05) is 4.90 Å². The Bertz CT molecular complexity index is 710. The number of rotatable bonds is 3. The van der Waals surface area contributed by atoms with Crippen LogP contribution >= 0.6 is 11.3 Å². The van der Waals surface area contributed by atoms with E-state index in [0.717, 1.165) is 13.1 Å². The Kier molecular flexibility index (Phi) is 3.69. The topological polar surface area (TPSA) is 62.6 Å². The van der Waals surface area contributed by atoms with Crippen molar-refractivity contribution in [2.45, 2.75) is 19.3 Å². The number of likely N-dealkylation sites (tertiary alicyclic amines) is 1. The largest absolute Gasteiger partial charge is 0.459 e. The molecule has 3 heterocycles. The minimum absolute atomic E-state index is 0.0860. The van der Waals surface area contributed by atoms with E-state index in [9.17, 15) is 9.59 Å². The summed E-state index contributed by atoms with van der Waals surface area (Å²) < 4.78 is 5.06. The molecule has 2 fully saturated rings. The summed E-state index contributed by atoms with van der Waals surface area (Å²) in [6.07, 6.45) is 5.27. The Morgan fingerprint density at radius 3 is 2.65 bits per heavy atom. The number of fused-ring (bicyclic) bond motifs is 1. The SMILES string of the molecule is O=C(Nc1ccc(C(=O)N2C[C@H]3CCC[C@H]3C2)s1)c1ccco1. The van der Waals surface area contributed by atoms with Crippen molar-refractivity contribution in [2.24, 2.45) is 11.8 Å². The molecule has 1 saturated heterocycles. The Labute approximate surface area is 138 Å². The number of hydrogen-bond acceptors (Lipinski definition) is 4. The zero-order valence-electron chi connectivity index (χ0n) is 12.7. The van der Waals surface area contributed by atoms with Gasteiger partial charge in [0.25, 0.3) is 11.8 Å². The van der Waals surface area contributed by atoms with Crippen LogP contribution in [0.2, 0.25) is 0 Å². The first-order valence-corrected chi connectivity index (χ1v) is 8.76. The van der Waals surface area contributed by atoms with Crippen molar-refractivity contribution in [1.82, 2.24) is 4.90 Å². The van der Waals surface area contributed by atoms with Gasteiger partial charge in [-0.15, -0.1) is 11.3 Å². The van der Waals surface area contributed by atoms with E-state index in [-0.39, 0.29) is 17.6 Å². The quantitative estimate of drug-likeness (QED) is 0.937. The number of nitrogens with one attached hydrogen (secondary N) is 1. The molecule has 1 N–H and O–H groups in total. The number of amides is 2. The second-order valence-corrected chi connectivity index (χ2v) is 7.34. The number of nitrogens with zero attached hydrogens (tertiary/aromatic N) is 1. The number of hydrogen-bond donors (Lipinski definition) is 1. The van der Waals surface area contributed by atoms with Crippen molar-refractivity contribution in [1.29, 1.82) is 0 Å². The van der Waals surface area contributed by atoms with Gasteiger partial charge in [0.15, 0.2) is 5.76 Å². The smallest absolute Gasteiger partial charge is 0.291 e. The van der Waals surface area contributed by atoms with Gasteiger partial charge in [0.1, 0.15) is 0 Å². The minimum Gasteiger partial charge on any atom is -0.459 e. The summed E-state index contributed by atoms with van der Waals surface area (Å²) in [7, 11) is 0. The van der Waals surface area contributed by atoms with Crippen LogP contribution in [0.5, 0.6) is 0 Å². The number of carbonyl (C=O) groups is 2. The van der Waals surface area contributed by atoms with Gasteiger partial charge in [-0.2, -0.15) is 0 Å². The fraction of sp³-hybridized carbons (Fsp3) is 0.412. The second-order valence-electron chi connectivity index (χ2n) is 6.26. The highest BCUT2D eigenvalue weighted by Gasteiger charge is 2.38. The molecule has 0 radical (unpaired) electrons. The molecule has 0 bridgehead atoms. The third-order valence-electron chi connectivity index (χ3n) is 4.81. The Morgan fingerprint density at radius 2 is 1.96 bits per heavy atom. The molecule has 1 aliphatic carbocycles. The number of carbonyl (C=O) groups excluding carboxylic acids is 2. The standard InChI is InChI=1S/C17H18N2O3S/c20-16(13-5-2-8-22-13)18-15-7-6-14(23-15)17(21)19-9-11-3-1-4-12(11)10-19/h2,5-8,11-12H,1,3-4,9-10H2,(H,18,20)/t11-,12+. The molecule has 6 heteroatoms. The zero-order valence-corrected chi connectivity index (χ0v) is 13.5. The van der Waals surface area contributed by atoms with Crippen molar-refractivity contribution in [3.8, 4) is 0 Å². The Balaban J connectivity index is 1.41. The van der Waals surface area contributed by atoms with E-state index in [2.05, 4.69) is 5.32 Å². The fourth-order valence-electron chi connectivity index (χ4n) is 3.66. The van der Waals surface area contributed by atoms with Crippen molar-refractivity contribution < 1.29 is 14.0 Å². The summed E-state index contributed by atoms with van der Waals surface area (Å²) >= 11 is 1.32. The molecule has 2 aromatic heterocycles. The van der Waals surface area contributed by atoms with Gasteiger partial charge in [-0.25, -0.2) is 0 Å². The van der Waals surface area contributed by atoms with E-state index in [1.165, 1.54) is 36.9 Å². The maximum atomic E-state index is 12.6. The average molecular weight is 330 g/mol. The van der Waals surface area contributed by atoms with Crippen LogP contribution < -0.4 is 5.32 Å². The molecule has 1 saturated carbocycles. The van der Waals surface area contributed by atoms with Gasteiger partial charge in [-0.05, 0) is 48.9 Å². The summed E-state index contributed by atoms with van der Waals surface area (Å²) in [6.45, 7) is 1.77. The molecule has 4 rings (SSSR count). The molecule has 120 valence electrons. The first-order valence-electron chi connectivity index (χ1n) is 7.94. The highest BCUT2D eigenvalue weighted by molar-refractivity contribution is 7.18. The molecular formula is C17H18N2O3S.